The van der Waals surface area contributed by atoms with Crippen molar-refractivity contribution in [2.45, 2.75) is 26.2 Å². The van der Waals surface area contributed by atoms with Crippen molar-refractivity contribution in [3.05, 3.63) is 70.9 Å². The summed E-state index contributed by atoms with van der Waals surface area (Å²) in [6, 6.07) is 8.53. The fraction of sp³-hybridized carbons (Fsp3) is 0.238. The maximum absolute atomic E-state index is 13.8. The van der Waals surface area contributed by atoms with Crippen LogP contribution < -0.4 is 5.48 Å². The number of aromatic nitrogens is 2. The molecule has 0 atom stereocenters. The molecule has 0 aliphatic rings. The van der Waals surface area contributed by atoms with Crippen molar-refractivity contribution in [2.24, 2.45) is 7.05 Å². The van der Waals surface area contributed by atoms with Crippen molar-refractivity contribution in [1.82, 2.24) is 15.3 Å². The Kier molecular flexibility index (Phi) is 5.84. The molecule has 28 heavy (non-hydrogen) atoms. The predicted molar refractivity (Wildman–Crippen MR) is 103 cm³/mol. The van der Waals surface area contributed by atoms with Crippen molar-refractivity contribution in [1.29, 1.82) is 0 Å². The molecule has 3 aromatic rings. The first-order valence-electron chi connectivity index (χ1n) is 8.88. The Morgan fingerprint density at radius 2 is 2.04 bits per heavy atom. The number of rotatable bonds is 6. The molecule has 1 aromatic heterocycles. The van der Waals surface area contributed by atoms with E-state index in [0.29, 0.717) is 18.4 Å². The third-order valence-corrected chi connectivity index (χ3v) is 4.89. The summed E-state index contributed by atoms with van der Waals surface area (Å²) in [5.41, 5.74) is 5.29. The van der Waals surface area contributed by atoms with Crippen LogP contribution in [0.25, 0.3) is 16.5 Å². The van der Waals surface area contributed by atoms with E-state index in [-0.39, 0.29) is 12.0 Å². The maximum atomic E-state index is 13.8. The summed E-state index contributed by atoms with van der Waals surface area (Å²) >= 11 is 0. The van der Waals surface area contributed by atoms with Crippen LogP contribution in [0.2, 0.25) is 0 Å². The number of benzene rings is 2. The van der Waals surface area contributed by atoms with Gasteiger partial charge in [-0.05, 0) is 54.2 Å². The molecular weight excluding hydrogens is 364 g/mol. The molecule has 0 radical (unpaired) electrons. The zero-order valence-electron chi connectivity index (χ0n) is 15.7. The van der Waals surface area contributed by atoms with E-state index in [4.69, 9.17) is 5.21 Å². The van der Waals surface area contributed by atoms with Gasteiger partial charge in [0.15, 0.2) is 11.6 Å². The first kappa shape index (κ1) is 19.7. The molecule has 2 aromatic carbocycles. The number of hydrogen-bond donors (Lipinski definition) is 2. The van der Waals surface area contributed by atoms with E-state index >= 15 is 0 Å². The number of fused-ring (bicyclic) bond motifs is 1. The van der Waals surface area contributed by atoms with Gasteiger partial charge in [-0.3, -0.25) is 14.7 Å². The van der Waals surface area contributed by atoms with E-state index < -0.39 is 17.5 Å². The Morgan fingerprint density at radius 3 is 2.79 bits per heavy atom. The lowest BCUT2D eigenvalue weighted by molar-refractivity contribution is -0.129. The van der Waals surface area contributed by atoms with Crippen LogP contribution in [0, 0.1) is 18.6 Å². The number of nitrogens with one attached hydrogen (secondary N) is 1. The lowest BCUT2D eigenvalue weighted by atomic mass is 9.96. The average Bonchev–Trinajstić information content (AvgIpc) is 3.07. The highest BCUT2D eigenvalue weighted by molar-refractivity contribution is 5.84. The minimum atomic E-state index is -0.869. The standard InChI is InChI=1S/C21H21F2N3O2/c1-13-14(7-9-18(22)21(13)23)3-4-15(8-10-20(27)25-28)16-5-6-17-12-24-26(2)19(17)11-16/h4-7,9,11-12,28H,3,8,10H2,1-2H3,(H,25,27)/b15-4+. The van der Waals surface area contributed by atoms with Crippen LogP contribution in [0.15, 0.2) is 42.6 Å². The number of nitrogens with zero attached hydrogens (tertiary/aromatic N) is 2. The number of halogens is 2. The first-order valence-corrected chi connectivity index (χ1v) is 8.88. The Hall–Kier alpha value is -3.06. The third kappa shape index (κ3) is 4.09. The Bertz CT molecular complexity index is 1060. The fourth-order valence-electron chi connectivity index (χ4n) is 3.16. The number of aryl methyl sites for hydroxylation is 1. The molecule has 0 fully saturated rings. The van der Waals surface area contributed by atoms with Crippen LogP contribution in [0.3, 0.4) is 0 Å². The molecule has 146 valence electrons. The van der Waals surface area contributed by atoms with Crippen molar-refractivity contribution < 1.29 is 18.8 Å². The Morgan fingerprint density at radius 1 is 1.25 bits per heavy atom. The minimum Gasteiger partial charge on any atom is -0.289 e. The molecule has 0 unspecified atom stereocenters. The fourth-order valence-corrected chi connectivity index (χ4v) is 3.16. The second-order valence-electron chi connectivity index (χ2n) is 6.66. The van der Waals surface area contributed by atoms with Crippen LogP contribution in [-0.2, 0) is 18.3 Å². The number of carbonyl (C=O) groups excluding carboxylic acids is 1. The molecule has 7 heteroatoms. The van der Waals surface area contributed by atoms with Crippen LogP contribution >= 0.6 is 0 Å². The van der Waals surface area contributed by atoms with E-state index in [0.717, 1.165) is 28.1 Å². The molecule has 0 saturated carbocycles. The quantitative estimate of drug-likeness (QED) is 0.496. The smallest absolute Gasteiger partial charge is 0.243 e. The van der Waals surface area contributed by atoms with Crippen molar-refractivity contribution in [2.75, 3.05) is 0 Å². The van der Waals surface area contributed by atoms with Gasteiger partial charge >= 0.3 is 0 Å². The van der Waals surface area contributed by atoms with Gasteiger partial charge in [-0.2, -0.15) is 5.10 Å². The zero-order chi connectivity index (χ0) is 20.3. The van der Waals surface area contributed by atoms with Crippen LogP contribution in [0.1, 0.15) is 29.5 Å². The number of allylic oxidation sites excluding steroid dienone is 2. The van der Waals surface area contributed by atoms with Gasteiger partial charge in [0.25, 0.3) is 0 Å². The molecule has 1 amide bonds. The molecule has 1 heterocycles. The monoisotopic (exact) mass is 385 g/mol. The molecule has 3 rings (SSSR count). The Balaban J connectivity index is 1.95. The summed E-state index contributed by atoms with van der Waals surface area (Å²) in [5.74, 6) is -2.20. The van der Waals surface area contributed by atoms with Crippen molar-refractivity contribution in [3.63, 3.8) is 0 Å². The lowest BCUT2D eigenvalue weighted by Crippen LogP contribution is -2.18. The highest BCUT2D eigenvalue weighted by atomic mass is 19.2. The van der Waals surface area contributed by atoms with Gasteiger partial charge in [-0.1, -0.05) is 24.3 Å². The average molecular weight is 385 g/mol. The van der Waals surface area contributed by atoms with Gasteiger partial charge < -0.3 is 0 Å². The summed E-state index contributed by atoms with van der Waals surface area (Å²) in [4.78, 5) is 11.5. The van der Waals surface area contributed by atoms with Gasteiger partial charge in [0.05, 0.1) is 11.7 Å². The largest absolute Gasteiger partial charge is 0.289 e. The number of amides is 1. The number of hydroxylamine groups is 1. The molecule has 0 aliphatic heterocycles. The highest BCUT2D eigenvalue weighted by Crippen LogP contribution is 2.26. The topological polar surface area (TPSA) is 67.2 Å². The molecule has 0 spiro atoms. The van der Waals surface area contributed by atoms with Crippen LogP contribution in [0.4, 0.5) is 8.78 Å². The molecule has 0 aliphatic carbocycles. The third-order valence-electron chi connectivity index (χ3n) is 4.89. The van der Waals surface area contributed by atoms with Gasteiger partial charge in [0, 0.05) is 18.9 Å². The summed E-state index contributed by atoms with van der Waals surface area (Å²) < 4.78 is 29.0. The van der Waals surface area contributed by atoms with E-state index in [9.17, 15) is 13.6 Å². The summed E-state index contributed by atoms with van der Waals surface area (Å²) in [5, 5.41) is 14.0. The Labute approximate surface area is 161 Å². The molecule has 5 nitrogen and oxygen atoms in total. The molecular formula is C21H21F2N3O2. The van der Waals surface area contributed by atoms with Gasteiger partial charge in [0.2, 0.25) is 5.91 Å². The molecule has 0 saturated heterocycles. The SMILES string of the molecule is Cc1c(C/C=C(\CCC(=O)NO)c2ccc3cnn(C)c3c2)ccc(F)c1F. The first-order chi connectivity index (χ1) is 13.4. The van der Waals surface area contributed by atoms with Gasteiger partial charge in [0.1, 0.15) is 0 Å². The summed E-state index contributed by atoms with van der Waals surface area (Å²) in [6.07, 6.45) is 4.55. The van der Waals surface area contributed by atoms with E-state index in [1.54, 1.807) is 29.3 Å². The normalized spacial score (nSPS) is 11.8. The zero-order valence-corrected chi connectivity index (χ0v) is 15.7. The summed E-state index contributed by atoms with van der Waals surface area (Å²) in [6.45, 7) is 1.54. The minimum absolute atomic E-state index is 0.0997. The lowest BCUT2D eigenvalue weighted by Gasteiger charge is -2.10. The van der Waals surface area contributed by atoms with Crippen molar-refractivity contribution in [3.8, 4) is 0 Å². The second-order valence-corrected chi connectivity index (χ2v) is 6.66. The predicted octanol–water partition coefficient (Wildman–Crippen LogP) is 4.07. The van der Waals surface area contributed by atoms with Crippen molar-refractivity contribution >= 4 is 22.4 Å². The second kappa shape index (κ2) is 8.31. The summed E-state index contributed by atoms with van der Waals surface area (Å²) in [7, 11) is 1.85. The van der Waals surface area contributed by atoms with Crippen LogP contribution in [0.5, 0.6) is 0 Å². The van der Waals surface area contributed by atoms with E-state index in [2.05, 4.69) is 5.10 Å². The molecule has 2 N–H and O–H groups in total. The van der Waals surface area contributed by atoms with Crippen LogP contribution in [-0.4, -0.2) is 20.9 Å². The highest BCUT2D eigenvalue weighted by Gasteiger charge is 2.11. The van der Waals surface area contributed by atoms with Gasteiger partial charge in [-0.15, -0.1) is 0 Å². The maximum Gasteiger partial charge on any atom is 0.243 e. The van der Waals surface area contributed by atoms with E-state index in [1.807, 2.05) is 31.3 Å². The van der Waals surface area contributed by atoms with Gasteiger partial charge in [-0.25, -0.2) is 14.3 Å². The van der Waals surface area contributed by atoms with E-state index in [1.165, 1.54) is 0 Å². The number of carbonyl (C=O) groups is 1. The number of hydrogen-bond acceptors (Lipinski definition) is 3. The molecule has 0 bridgehead atoms.